The maximum Gasteiger partial charge on any atom is 0.259 e. The lowest BCUT2D eigenvalue weighted by Gasteiger charge is -2.35. The molecule has 16 heteroatoms. The first kappa shape index (κ1) is 50.9. The molecule has 2 aliphatic heterocycles. The van der Waals surface area contributed by atoms with E-state index in [-0.39, 0.29) is 37.7 Å². The number of likely N-dealkylation sites (tertiary alicyclic amines) is 1. The van der Waals surface area contributed by atoms with Gasteiger partial charge in [-0.05, 0) is 111 Å². The van der Waals surface area contributed by atoms with Crippen LogP contribution in [0, 0.1) is 23.7 Å². The molecule has 2 aliphatic rings. The summed E-state index contributed by atoms with van der Waals surface area (Å²) in [5, 5.41) is 23.2. The van der Waals surface area contributed by atoms with Gasteiger partial charge in [0.15, 0.2) is 23.0 Å². The number of ketones is 1. The molecule has 5 aromatic rings. The number of carbonyl (C=O) groups excluding carboxylic acids is 4. The minimum atomic E-state index is -0.969. The fourth-order valence-corrected chi connectivity index (χ4v) is 9.31. The summed E-state index contributed by atoms with van der Waals surface area (Å²) >= 11 is 5.85. The van der Waals surface area contributed by atoms with Crippen LogP contribution >= 0.6 is 12.2 Å². The Balaban J connectivity index is 0.834. The zero-order chi connectivity index (χ0) is 50.3. The molecule has 2 saturated heterocycles. The van der Waals surface area contributed by atoms with Crippen molar-refractivity contribution < 1.29 is 42.9 Å². The zero-order valence-electron chi connectivity index (χ0n) is 40.7. The Morgan fingerprint density at radius 1 is 0.957 bits per heavy atom. The highest BCUT2D eigenvalue weighted by Crippen LogP contribution is 2.39. The van der Waals surface area contributed by atoms with Gasteiger partial charge < -0.3 is 38.9 Å². The minimum Gasteiger partial charge on any atom is -0.495 e. The van der Waals surface area contributed by atoms with E-state index in [0.717, 1.165) is 33.6 Å². The monoisotopic (exact) mass is 968 g/mol. The van der Waals surface area contributed by atoms with Crippen molar-refractivity contribution >= 4 is 52.2 Å². The molecule has 366 valence electrons. The second-order valence-corrected chi connectivity index (χ2v) is 19.6. The SMILES string of the molecule is COc1cc(N2C(=O)C(C)(C)N(c3ccc(-c4ccc(OCCCCOCC(=O)N[C@H](C(=O)N5C[C@H](O)C[C@H]5C(=O)CCc5ccc(-c6ocnc6C)cc5)C(C)(C)C)cc4)cc3)C2=S)ccc1C#N. The number of rotatable bonds is 19. The number of nitrogens with zero attached hydrogens (tertiary/aromatic N) is 5. The number of oxazole rings is 1. The zero-order valence-corrected chi connectivity index (χ0v) is 41.5. The van der Waals surface area contributed by atoms with Gasteiger partial charge in [0, 0.05) is 43.3 Å². The molecule has 0 radical (unpaired) electrons. The molecule has 2 fully saturated rings. The van der Waals surface area contributed by atoms with Gasteiger partial charge >= 0.3 is 0 Å². The van der Waals surface area contributed by atoms with E-state index < -0.39 is 41.0 Å². The number of thiocarbonyl (C=S) groups is 1. The maximum atomic E-state index is 14.0. The lowest BCUT2D eigenvalue weighted by molar-refractivity contribution is -0.144. The molecule has 3 heterocycles. The third kappa shape index (κ3) is 11.4. The van der Waals surface area contributed by atoms with Gasteiger partial charge in [0.1, 0.15) is 35.8 Å². The number of ether oxygens (including phenoxy) is 3. The van der Waals surface area contributed by atoms with Crippen molar-refractivity contribution in [3.8, 4) is 40.0 Å². The van der Waals surface area contributed by atoms with Crippen molar-refractivity contribution in [3.05, 3.63) is 114 Å². The summed E-state index contributed by atoms with van der Waals surface area (Å²) in [6.07, 6.45) is 2.69. The third-order valence-corrected chi connectivity index (χ3v) is 13.1. The maximum absolute atomic E-state index is 14.0. The van der Waals surface area contributed by atoms with Gasteiger partial charge in [0.25, 0.3) is 5.91 Å². The number of Topliss-reactive ketones (excluding diaryl/α,β-unsaturated/α-hetero) is 1. The van der Waals surface area contributed by atoms with E-state index in [1.165, 1.54) is 23.3 Å². The van der Waals surface area contributed by atoms with Gasteiger partial charge in [-0.3, -0.25) is 24.1 Å². The molecule has 4 aromatic carbocycles. The van der Waals surface area contributed by atoms with Crippen molar-refractivity contribution in [3.63, 3.8) is 0 Å². The Kier molecular flexibility index (Phi) is 15.9. The fraction of sp³-hybridized carbons (Fsp3) is 0.389. The second kappa shape index (κ2) is 21.8. The normalized spacial score (nSPS) is 17.1. The number of carbonyl (C=O) groups is 4. The molecule has 1 aromatic heterocycles. The number of anilines is 2. The third-order valence-electron chi connectivity index (χ3n) is 12.7. The summed E-state index contributed by atoms with van der Waals surface area (Å²) < 4.78 is 22.5. The Labute approximate surface area is 414 Å². The molecule has 3 atom stereocenters. The number of aliphatic hydroxyl groups excluding tert-OH is 1. The molecule has 2 N–H and O–H groups in total. The van der Waals surface area contributed by atoms with Crippen LogP contribution in [0.25, 0.3) is 22.5 Å². The number of aromatic nitrogens is 1. The number of methoxy groups -OCH3 is 1. The Bertz CT molecular complexity index is 2740. The molecule has 0 saturated carbocycles. The average Bonchev–Trinajstić information content (AvgIpc) is 4.01. The van der Waals surface area contributed by atoms with Gasteiger partial charge in [0.05, 0.1) is 42.8 Å². The summed E-state index contributed by atoms with van der Waals surface area (Å²) in [7, 11) is 1.48. The van der Waals surface area contributed by atoms with E-state index in [2.05, 4.69) is 16.4 Å². The first-order chi connectivity index (χ1) is 33.4. The average molecular weight is 969 g/mol. The van der Waals surface area contributed by atoms with Crippen LogP contribution in [0.2, 0.25) is 0 Å². The largest absolute Gasteiger partial charge is 0.495 e. The predicted molar refractivity (Wildman–Crippen MR) is 269 cm³/mol. The summed E-state index contributed by atoms with van der Waals surface area (Å²) in [5.41, 5.74) is 4.57. The minimum absolute atomic E-state index is 0.0126. The number of amides is 3. The van der Waals surface area contributed by atoms with E-state index in [0.29, 0.717) is 66.1 Å². The highest BCUT2D eigenvalue weighted by Gasteiger charge is 2.50. The fourth-order valence-electron chi connectivity index (χ4n) is 8.79. The van der Waals surface area contributed by atoms with Crippen LogP contribution in [0.4, 0.5) is 11.4 Å². The van der Waals surface area contributed by atoms with Gasteiger partial charge in [-0.1, -0.05) is 69.3 Å². The summed E-state index contributed by atoms with van der Waals surface area (Å²) in [4.78, 5) is 63.3. The van der Waals surface area contributed by atoms with Crippen molar-refractivity contribution in [1.29, 1.82) is 5.26 Å². The molecule has 7 rings (SSSR count). The van der Waals surface area contributed by atoms with Crippen LogP contribution in [0.1, 0.15) is 77.1 Å². The first-order valence-corrected chi connectivity index (χ1v) is 23.8. The van der Waals surface area contributed by atoms with E-state index in [9.17, 15) is 29.5 Å². The highest BCUT2D eigenvalue weighted by molar-refractivity contribution is 7.81. The van der Waals surface area contributed by atoms with E-state index >= 15 is 0 Å². The van der Waals surface area contributed by atoms with Crippen LogP contribution in [0.3, 0.4) is 0 Å². The standard InChI is InChI=1S/C54H60N6O9S/c1-34-48(69-33-56-34)38-13-10-35(11-14-38)12-25-45(62)44-29-42(61)31-58(44)50(64)49(53(2,3)4)57-47(63)32-67-26-8-9-27-68-43-23-18-37(19-24-43)36-15-20-40(21-16-36)60-52(70)59(51(65)54(60,5)6)41-22-17-39(30-55)46(28-41)66-7/h10-11,13-24,28,33,42,44,49,61H,8-9,12,25-27,29,31-32H2,1-7H3,(H,57,63)/t42-,44+,49-/m1/s1. The van der Waals surface area contributed by atoms with Crippen LogP contribution < -0.4 is 24.6 Å². The van der Waals surface area contributed by atoms with Crippen LogP contribution in [-0.4, -0.2) is 101 Å². The first-order valence-electron chi connectivity index (χ1n) is 23.4. The molecule has 3 amide bonds. The van der Waals surface area contributed by atoms with Crippen LogP contribution in [-0.2, 0) is 30.3 Å². The molecule has 0 spiro atoms. The molecule has 15 nitrogen and oxygen atoms in total. The number of aryl methyl sites for hydroxylation is 2. The van der Waals surface area contributed by atoms with Crippen molar-refractivity contribution in [2.24, 2.45) is 5.41 Å². The van der Waals surface area contributed by atoms with Gasteiger partial charge in [-0.15, -0.1) is 0 Å². The van der Waals surface area contributed by atoms with Crippen LogP contribution in [0.15, 0.2) is 102 Å². The molecular weight excluding hydrogens is 909 g/mol. The number of β-amino-alcohol motifs (C(OH)–C–C–N with tert-alkyl or cyclic N) is 1. The second-order valence-electron chi connectivity index (χ2n) is 19.2. The predicted octanol–water partition coefficient (Wildman–Crippen LogP) is 7.98. The molecule has 70 heavy (non-hydrogen) atoms. The van der Waals surface area contributed by atoms with Gasteiger partial charge in [0.2, 0.25) is 11.8 Å². The van der Waals surface area contributed by atoms with Crippen molar-refractivity contribution in [2.45, 2.75) is 97.4 Å². The highest BCUT2D eigenvalue weighted by atomic mass is 32.1. The Morgan fingerprint density at radius 3 is 2.23 bits per heavy atom. The quantitative estimate of drug-likeness (QED) is 0.0600. The summed E-state index contributed by atoms with van der Waals surface area (Å²) in [6, 6.07) is 28.6. The van der Waals surface area contributed by atoms with Gasteiger partial charge in [-0.2, -0.15) is 5.26 Å². The van der Waals surface area contributed by atoms with E-state index in [1.807, 2.05) is 119 Å². The number of hydrogen-bond donors (Lipinski definition) is 2. The number of unbranched alkanes of at least 4 members (excludes halogenated alkanes) is 1. The Hall–Kier alpha value is -6.93. The lowest BCUT2D eigenvalue weighted by atomic mass is 9.85. The number of nitrogens with one attached hydrogen (secondary N) is 1. The number of benzene rings is 4. The van der Waals surface area contributed by atoms with Gasteiger partial charge in [-0.25, -0.2) is 4.98 Å². The molecule has 0 aliphatic carbocycles. The topological polar surface area (TPSA) is 188 Å². The van der Waals surface area contributed by atoms with Crippen molar-refractivity contribution in [1.82, 2.24) is 15.2 Å². The molecular formula is C54H60N6O9S. The number of hydrogen-bond acceptors (Lipinski definition) is 12. The van der Waals surface area contributed by atoms with Crippen LogP contribution in [0.5, 0.6) is 11.5 Å². The number of aliphatic hydroxyl groups is 1. The Morgan fingerprint density at radius 2 is 1.60 bits per heavy atom. The van der Waals surface area contributed by atoms with E-state index in [1.54, 1.807) is 18.2 Å². The molecule has 0 bridgehead atoms. The summed E-state index contributed by atoms with van der Waals surface area (Å²) in [6.45, 7) is 11.6. The summed E-state index contributed by atoms with van der Waals surface area (Å²) in [5.74, 6) is 0.567. The van der Waals surface area contributed by atoms with Crippen molar-refractivity contribution in [2.75, 3.05) is 43.3 Å². The number of nitriles is 1. The lowest BCUT2D eigenvalue weighted by Crippen LogP contribution is -2.57. The smallest absolute Gasteiger partial charge is 0.259 e. The van der Waals surface area contributed by atoms with E-state index in [4.69, 9.17) is 30.8 Å². The molecule has 0 unspecified atom stereocenters.